The fourth-order valence-electron chi connectivity index (χ4n) is 2.04. The van der Waals surface area contributed by atoms with Crippen LogP contribution in [0, 0.1) is 0 Å². The highest BCUT2D eigenvalue weighted by molar-refractivity contribution is 5.96. The number of carboxylic acid groups (broad SMARTS) is 1. The van der Waals surface area contributed by atoms with Gasteiger partial charge in [-0.25, -0.2) is 0 Å². The van der Waals surface area contributed by atoms with Crippen molar-refractivity contribution in [1.29, 1.82) is 0 Å². The first-order valence-corrected chi connectivity index (χ1v) is 5.82. The average molecular weight is 249 g/mol. The number of benzene rings is 1. The Hall–Kier alpha value is -2.04. The number of amides is 1. The molecule has 1 aliphatic rings. The van der Waals surface area contributed by atoms with E-state index in [1.807, 2.05) is 18.2 Å². The van der Waals surface area contributed by atoms with Gasteiger partial charge in [-0.1, -0.05) is 6.07 Å². The summed E-state index contributed by atoms with van der Waals surface area (Å²) in [6.07, 6.45) is 1.07. The van der Waals surface area contributed by atoms with E-state index in [2.05, 4.69) is 0 Å². The normalized spacial score (nSPS) is 14.3. The van der Waals surface area contributed by atoms with Gasteiger partial charge in [0.05, 0.1) is 18.7 Å². The SMILES string of the molecule is CN1C(=O)CCc2c(OCCC(=O)O)cccc21. The van der Waals surface area contributed by atoms with Crippen LogP contribution in [-0.4, -0.2) is 30.6 Å². The van der Waals surface area contributed by atoms with E-state index in [1.54, 1.807) is 11.9 Å². The van der Waals surface area contributed by atoms with E-state index in [4.69, 9.17) is 9.84 Å². The first-order valence-electron chi connectivity index (χ1n) is 5.82. The van der Waals surface area contributed by atoms with Gasteiger partial charge in [0.2, 0.25) is 5.91 Å². The van der Waals surface area contributed by atoms with Gasteiger partial charge in [0, 0.05) is 19.0 Å². The van der Waals surface area contributed by atoms with Crippen LogP contribution in [0.25, 0.3) is 0 Å². The molecular formula is C13H15NO4. The van der Waals surface area contributed by atoms with E-state index in [-0.39, 0.29) is 18.9 Å². The lowest BCUT2D eigenvalue weighted by atomic mass is 10.0. The summed E-state index contributed by atoms with van der Waals surface area (Å²) in [5, 5.41) is 8.57. The maximum atomic E-state index is 11.6. The standard InChI is InChI=1S/C13H15NO4/c1-14-10-3-2-4-11(18-8-7-13(16)17)9(10)5-6-12(14)15/h2-4H,5-8H2,1H3,(H,16,17). The van der Waals surface area contributed by atoms with Crippen LogP contribution in [0.5, 0.6) is 5.75 Å². The number of hydrogen-bond acceptors (Lipinski definition) is 3. The Kier molecular flexibility index (Phi) is 3.50. The number of nitrogens with zero attached hydrogens (tertiary/aromatic N) is 1. The van der Waals surface area contributed by atoms with Gasteiger partial charge in [-0.2, -0.15) is 0 Å². The molecule has 0 saturated heterocycles. The second-order valence-electron chi connectivity index (χ2n) is 4.20. The molecule has 5 heteroatoms. The molecule has 0 spiro atoms. The Bertz CT molecular complexity index is 484. The number of anilines is 1. The molecule has 0 radical (unpaired) electrons. The summed E-state index contributed by atoms with van der Waals surface area (Å²) < 4.78 is 5.48. The van der Waals surface area contributed by atoms with Crippen molar-refractivity contribution in [2.45, 2.75) is 19.3 Å². The van der Waals surface area contributed by atoms with Crippen molar-refractivity contribution < 1.29 is 19.4 Å². The number of fused-ring (bicyclic) bond motifs is 1. The van der Waals surface area contributed by atoms with Crippen molar-refractivity contribution in [3.8, 4) is 5.75 Å². The van der Waals surface area contributed by atoms with Crippen molar-refractivity contribution in [3.05, 3.63) is 23.8 Å². The molecule has 1 N–H and O–H groups in total. The first-order chi connectivity index (χ1) is 8.59. The molecule has 0 aliphatic carbocycles. The van der Waals surface area contributed by atoms with E-state index >= 15 is 0 Å². The lowest BCUT2D eigenvalue weighted by Crippen LogP contribution is -2.31. The molecule has 1 aliphatic heterocycles. The second kappa shape index (κ2) is 5.08. The maximum absolute atomic E-state index is 11.6. The van der Waals surface area contributed by atoms with E-state index in [9.17, 15) is 9.59 Å². The molecule has 1 heterocycles. The molecule has 0 atom stereocenters. The summed E-state index contributed by atoms with van der Waals surface area (Å²) in [5.74, 6) is -0.120. The molecule has 0 fully saturated rings. The zero-order valence-corrected chi connectivity index (χ0v) is 10.2. The van der Waals surface area contributed by atoms with Gasteiger partial charge in [0.1, 0.15) is 5.75 Å². The van der Waals surface area contributed by atoms with Crippen LogP contribution >= 0.6 is 0 Å². The third-order valence-electron chi connectivity index (χ3n) is 3.01. The summed E-state index contributed by atoms with van der Waals surface area (Å²) in [7, 11) is 1.74. The van der Waals surface area contributed by atoms with Gasteiger partial charge in [-0.05, 0) is 18.6 Å². The van der Waals surface area contributed by atoms with Crippen LogP contribution in [0.4, 0.5) is 5.69 Å². The third-order valence-corrected chi connectivity index (χ3v) is 3.01. The Morgan fingerprint density at radius 2 is 2.22 bits per heavy atom. The Balaban J connectivity index is 2.18. The zero-order chi connectivity index (χ0) is 13.1. The summed E-state index contributed by atoms with van der Waals surface area (Å²) in [4.78, 5) is 23.6. The first kappa shape index (κ1) is 12.4. The monoisotopic (exact) mass is 249 g/mol. The van der Waals surface area contributed by atoms with Gasteiger partial charge in [0.15, 0.2) is 0 Å². The summed E-state index contributed by atoms with van der Waals surface area (Å²) in [6.45, 7) is 0.142. The lowest BCUT2D eigenvalue weighted by molar-refractivity contribution is -0.137. The average Bonchev–Trinajstić information content (AvgIpc) is 2.34. The second-order valence-corrected chi connectivity index (χ2v) is 4.20. The maximum Gasteiger partial charge on any atom is 0.306 e. The van der Waals surface area contributed by atoms with Crippen molar-refractivity contribution in [2.24, 2.45) is 0 Å². The molecule has 0 saturated carbocycles. The van der Waals surface area contributed by atoms with E-state index < -0.39 is 5.97 Å². The van der Waals surface area contributed by atoms with Crippen LogP contribution in [0.1, 0.15) is 18.4 Å². The zero-order valence-electron chi connectivity index (χ0n) is 10.2. The molecule has 5 nitrogen and oxygen atoms in total. The van der Waals surface area contributed by atoms with Gasteiger partial charge in [0.25, 0.3) is 0 Å². The topological polar surface area (TPSA) is 66.8 Å². The molecule has 2 rings (SSSR count). The van der Waals surface area contributed by atoms with Gasteiger partial charge < -0.3 is 14.7 Å². The van der Waals surface area contributed by atoms with Crippen LogP contribution in [0.3, 0.4) is 0 Å². The van der Waals surface area contributed by atoms with Crippen molar-refractivity contribution in [1.82, 2.24) is 0 Å². The molecule has 1 aromatic carbocycles. The van der Waals surface area contributed by atoms with Gasteiger partial charge in [-0.3, -0.25) is 9.59 Å². The summed E-state index contributed by atoms with van der Waals surface area (Å²) >= 11 is 0. The lowest BCUT2D eigenvalue weighted by Gasteiger charge is -2.27. The summed E-state index contributed by atoms with van der Waals surface area (Å²) in [6, 6.07) is 5.49. The Morgan fingerprint density at radius 3 is 2.94 bits per heavy atom. The fourth-order valence-corrected chi connectivity index (χ4v) is 2.04. The number of hydrogen-bond donors (Lipinski definition) is 1. The number of rotatable bonds is 4. The Morgan fingerprint density at radius 1 is 1.44 bits per heavy atom. The quantitative estimate of drug-likeness (QED) is 0.877. The molecule has 0 bridgehead atoms. The molecule has 1 aromatic rings. The van der Waals surface area contributed by atoms with Crippen LogP contribution in [0.2, 0.25) is 0 Å². The van der Waals surface area contributed by atoms with Crippen molar-refractivity contribution in [2.75, 3.05) is 18.6 Å². The molecule has 0 aromatic heterocycles. The number of carbonyl (C=O) groups excluding carboxylic acids is 1. The minimum Gasteiger partial charge on any atom is -0.493 e. The largest absolute Gasteiger partial charge is 0.493 e. The van der Waals surface area contributed by atoms with E-state index in [0.717, 1.165) is 11.3 Å². The van der Waals surface area contributed by atoms with E-state index in [1.165, 1.54) is 0 Å². The molecule has 96 valence electrons. The molecule has 1 amide bonds. The number of carboxylic acids is 1. The minimum atomic E-state index is -0.882. The Labute approximate surface area is 105 Å². The van der Waals surface area contributed by atoms with Crippen LogP contribution < -0.4 is 9.64 Å². The van der Waals surface area contributed by atoms with E-state index in [0.29, 0.717) is 18.6 Å². The molecule has 18 heavy (non-hydrogen) atoms. The van der Waals surface area contributed by atoms with Crippen molar-refractivity contribution in [3.63, 3.8) is 0 Å². The van der Waals surface area contributed by atoms with Crippen molar-refractivity contribution >= 4 is 17.6 Å². The highest BCUT2D eigenvalue weighted by Gasteiger charge is 2.23. The predicted molar refractivity (Wildman–Crippen MR) is 65.9 cm³/mol. The van der Waals surface area contributed by atoms with Crippen LogP contribution in [0.15, 0.2) is 18.2 Å². The number of ether oxygens (including phenoxy) is 1. The molecular weight excluding hydrogens is 234 g/mol. The van der Waals surface area contributed by atoms with Gasteiger partial charge >= 0.3 is 5.97 Å². The minimum absolute atomic E-state index is 0.0293. The summed E-state index contributed by atoms with van der Waals surface area (Å²) in [5.41, 5.74) is 1.82. The van der Waals surface area contributed by atoms with Crippen LogP contribution in [-0.2, 0) is 16.0 Å². The predicted octanol–water partition coefficient (Wildman–Crippen LogP) is 1.45. The number of aliphatic carboxylic acids is 1. The smallest absolute Gasteiger partial charge is 0.306 e. The fraction of sp³-hybridized carbons (Fsp3) is 0.385. The number of carbonyl (C=O) groups is 2. The third kappa shape index (κ3) is 2.45. The highest BCUT2D eigenvalue weighted by Crippen LogP contribution is 2.33. The highest BCUT2D eigenvalue weighted by atomic mass is 16.5. The van der Waals surface area contributed by atoms with Gasteiger partial charge in [-0.15, -0.1) is 0 Å². The molecule has 0 unspecified atom stereocenters.